The van der Waals surface area contributed by atoms with Crippen LogP contribution in [0.5, 0.6) is 17.2 Å². The van der Waals surface area contributed by atoms with E-state index in [0.29, 0.717) is 46.3 Å². The number of rotatable bonds is 9. The summed E-state index contributed by atoms with van der Waals surface area (Å²) >= 11 is 1.32. The molecule has 2 amide bonds. The molecule has 0 saturated carbocycles. The molecule has 0 radical (unpaired) electrons. The smallest absolute Gasteiger partial charge is 0.248 e. The predicted molar refractivity (Wildman–Crippen MR) is 156 cm³/mol. The lowest BCUT2D eigenvalue weighted by molar-refractivity contribution is -0.120. The second kappa shape index (κ2) is 12.4. The van der Waals surface area contributed by atoms with Crippen LogP contribution < -0.4 is 35.6 Å². The van der Waals surface area contributed by atoms with Crippen LogP contribution in [-0.4, -0.2) is 44.2 Å². The molecule has 2 atom stereocenters. The average molecular weight is 567 g/mol. The number of amides is 2. The highest BCUT2D eigenvalue weighted by Gasteiger charge is 2.30. The summed E-state index contributed by atoms with van der Waals surface area (Å²) in [5.74, 6) is 0.789. The third-order valence-corrected chi connectivity index (χ3v) is 7.53. The normalized spacial score (nSPS) is 14.7. The van der Waals surface area contributed by atoms with Gasteiger partial charge in [0.15, 0.2) is 16.6 Å². The van der Waals surface area contributed by atoms with Crippen LogP contribution in [0.25, 0.3) is 11.1 Å². The van der Waals surface area contributed by atoms with Crippen molar-refractivity contribution in [3.63, 3.8) is 0 Å². The number of fused-ring (bicyclic) bond motifs is 3. The molecule has 10 nitrogen and oxygen atoms in total. The highest BCUT2D eigenvalue weighted by atomic mass is 32.1. The molecule has 3 N–H and O–H groups in total. The van der Waals surface area contributed by atoms with Crippen LogP contribution in [0.1, 0.15) is 44.4 Å². The van der Waals surface area contributed by atoms with E-state index in [-0.39, 0.29) is 28.8 Å². The summed E-state index contributed by atoms with van der Waals surface area (Å²) in [7, 11) is 4.65. The second-order valence-electron chi connectivity index (χ2n) is 9.79. The van der Waals surface area contributed by atoms with E-state index in [0.717, 1.165) is 11.1 Å². The summed E-state index contributed by atoms with van der Waals surface area (Å²) in [4.78, 5) is 43.0. The van der Waals surface area contributed by atoms with E-state index in [2.05, 4.69) is 20.9 Å². The molecular formula is C29H34N4O6S. The fourth-order valence-corrected chi connectivity index (χ4v) is 5.53. The van der Waals surface area contributed by atoms with Gasteiger partial charge in [-0.05, 0) is 53.6 Å². The number of anilines is 2. The van der Waals surface area contributed by atoms with Crippen molar-refractivity contribution in [1.82, 2.24) is 10.3 Å². The van der Waals surface area contributed by atoms with Gasteiger partial charge in [-0.15, -0.1) is 11.3 Å². The van der Waals surface area contributed by atoms with Gasteiger partial charge in [-0.3, -0.25) is 14.4 Å². The summed E-state index contributed by atoms with van der Waals surface area (Å²) in [6, 6.07) is 5.80. The van der Waals surface area contributed by atoms with E-state index in [1.807, 2.05) is 26.0 Å². The first-order valence-electron chi connectivity index (χ1n) is 12.9. The molecule has 0 aliphatic heterocycles. The fraction of sp³-hybridized carbons (Fsp3) is 0.379. The Morgan fingerprint density at radius 1 is 1.07 bits per heavy atom. The van der Waals surface area contributed by atoms with Crippen molar-refractivity contribution in [2.45, 2.75) is 45.7 Å². The van der Waals surface area contributed by atoms with Crippen LogP contribution >= 0.6 is 11.3 Å². The zero-order chi connectivity index (χ0) is 29.0. The first kappa shape index (κ1) is 28.9. The number of hydrogen-bond acceptors (Lipinski definition) is 9. The lowest BCUT2D eigenvalue weighted by atomic mass is 9.95. The Bertz CT molecular complexity index is 1460. The van der Waals surface area contributed by atoms with Gasteiger partial charge >= 0.3 is 0 Å². The number of methoxy groups -OCH3 is 3. The average Bonchev–Trinajstić information content (AvgIpc) is 3.32. The quantitative estimate of drug-likeness (QED) is 0.348. The van der Waals surface area contributed by atoms with E-state index in [4.69, 9.17) is 14.2 Å². The molecular weight excluding hydrogens is 532 g/mol. The molecule has 0 spiro atoms. The number of nitrogens with zero attached hydrogens (tertiary/aromatic N) is 1. The molecule has 1 aliphatic carbocycles. The zero-order valence-electron chi connectivity index (χ0n) is 23.4. The minimum absolute atomic E-state index is 0.132. The van der Waals surface area contributed by atoms with Crippen molar-refractivity contribution in [3.05, 3.63) is 57.2 Å². The zero-order valence-corrected chi connectivity index (χ0v) is 24.2. The standard InChI is InChI=1S/C29H34N4O6S/c1-15(2)25(28(36)33-29-30-11-12-40-29)32-21-10-8-18-19(14-22(21)35)20(31-16(3)34)9-7-17-13-23(37-4)26(38-5)27(39-6)24(17)18/h8,10-15,20,25H,7,9H2,1-6H3,(H,31,34)(H,32,35)(H,30,33,36)/t20-,25+/m0/s1. The molecule has 0 saturated heterocycles. The molecule has 1 heterocycles. The van der Waals surface area contributed by atoms with Gasteiger partial charge in [0.1, 0.15) is 6.04 Å². The van der Waals surface area contributed by atoms with Gasteiger partial charge in [0.2, 0.25) is 23.0 Å². The molecule has 11 heteroatoms. The molecule has 0 unspecified atom stereocenters. The van der Waals surface area contributed by atoms with Gasteiger partial charge in [-0.25, -0.2) is 4.98 Å². The number of carbonyl (C=O) groups is 2. The van der Waals surface area contributed by atoms with Crippen molar-refractivity contribution >= 4 is 34.0 Å². The molecule has 212 valence electrons. The third-order valence-electron chi connectivity index (χ3n) is 6.84. The largest absolute Gasteiger partial charge is 0.493 e. The Balaban J connectivity index is 1.88. The topological polar surface area (TPSA) is 128 Å². The van der Waals surface area contributed by atoms with E-state index in [1.54, 1.807) is 31.9 Å². The minimum Gasteiger partial charge on any atom is -0.493 e. The number of aryl methyl sites for hydroxylation is 1. The Kier molecular flexibility index (Phi) is 8.93. The number of carbonyl (C=O) groups excluding carboxylic acids is 2. The summed E-state index contributed by atoms with van der Waals surface area (Å²) in [6.45, 7) is 5.25. The summed E-state index contributed by atoms with van der Waals surface area (Å²) in [5, 5.41) is 11.2. The van der Waals surface area contributed by atoms with Crippen LogP contribution in [0.15, 0.2) is 40.6 Å². The highest BCUT2D eigenvalue weighted by molar-refractivity contribution is 7.13. The maximum absolute atomic E-state index is 13.6. The first-order valence-corrected chi connectivity index (χ1v) is 13.8. The summed E-state index contributed by atoms with van der Waals surface area (Å²) < 4.78 is 17.1. The number of thiazole rings is 1. The molecule has 0 fully saturated rings. The first-order chi connectivity index (χ1) is 19.2. The van der Waals surface area contributed by atoms with Gasteiger partial charge in [0.25, 0.3) is 0 Å². The van der Waals surface area contributed by atoms with E-state index >= 15 is 0 Å². The van der Waals surface area contributed by atoms with Crippen LogP contribution in [0.4, 0.5) is 10.8 Å². The van der Waals surface area contributed by atoms with Crippen LogP contribution in [-0.2, 0) is 16.0 Å². The Hall–Kier alpha value is -4.12. The van der Waals surface area contributed by atoms with E-state index in [1.165, 1.54) is 31.4 Å². The lowest BCUT2D eigenvalue weighted by Crippen LogP contribution is -2.39. The molecule has 4 rings (SSSR count). The number of nitrogens with one attached hydrogen (secondary N) is 3. The van der Waals surface area contributed by atoms with E-state index < -0.39 is 12.1 Å². The second-order valence-corrected chi connectivity index (χ2v) is 10.7. The molecule has 3 aromatic rings. The maximum atomic E-state index is 13.6. The SMILES string of the molecule is COc1cc2c(c(OC)c1OC)-c1ccc(N[C@@H](C(=O)Nc3nccs3)C(C)C)c(=O)cc1[C@@H](NC(C)=O)CC2. The summed E-state index contributed by atoms with van der Waals surface area (Å²) in [6.07, 6.45) is 2.76. The highest BCUT2D eigenvalue weighted by Crippen LogP contribution is 2.50. The predicted octanol–water partition coefficient (Wildman–Crippen LogP) is 4.39. The molecule has 40 heavy (non-hydrogen) atoms. The summed E-state index contributed by atoms with van der Waals surface area (Å²) in [5.41, 5.74) is 2.98. The van der Waals surface area contributed by atoms with Crippen molar-refractivity contribution < 1.29 is 23.8 Å². The Labute approximate surface area is 237 Å². The molecule has 2 aromatic carbocycles. The molecule has 1 aromatic heterocycles. The van der Waals surface area contributed by atoms with Crippen molar-refractivity contribution in [1.29, 1.82) is 0 Å². The van der Waals surface area contributed by atoms with Crippen molar-refractivity contribution in [2.75, 3.05) is 32.0 Å². The van der Waals surface area contributed by atoms with Gasteiger partial charge < -0.3 is 30.2 Å². The lowest BCUT2D eigenvalue weighted by Gasteiger charge is -2.21. The van der Waals surface area contributed by atoms with Gasteiger partial charge in [-0.2, -0.15) is 0 Å². The Morgan fingerprint density at radius 2 is 1.82 bits per heavy atom. The number of benzene rings is 1. The van der Waals surface area contributed by atoms with Crippen LogP contribution in [0.3, 0.4) is 0 Å². The molecule has 0 bridgehead atoms. The van der Waals surface area contributed by atoms with Crippen LogP contribution in [0, 0.1) is 5.92 Å². The number of ether oxygens (including phenoxy) is 3. The van der Waals surface area contributed by atoms with Gasteiger partial charge in [0.05, 0.1) is 33.1 Å². The number of hydrogen-bond donors (Lipinski definition) is 3. The minimum atomic E-state index is -0.698. The fourth-order valence-electron chi connectivity index (χ4n) is 5.00. The monoisotopic (exact) mass is 566 g/mol. The third kappa shape index (κ3) is 5.89. The van der Waals surface area contributed by atoms with E-state index in [9.17, 15) is 14.4 Å². The number of aromatic nitrogens is 1. The van der Waals surface area contributed by atoms with Gasteiger partial charge in [-0.1, -0.05) is 19.9 Å². The van der Waals surface area contributed by atoms with Crippen LogP contribution in [0.2, 0.25) is 0 Å². The van der Waals surface area contributed by atoms with Crippen molar-refractivity contribution in [2.24, 2.45) is 5.92 Å². The van der Waals surface area contributed by atoms with Gasteiger partial charge in [0, 0.05) is 24.1 Å². The Morgan fingerprint density at radius 3 is 2.42 bits per heavy atom. The maximum Gasteiger partial charge on any atom is 0.248 e. The molecule has 1 aliphatic rings. The van der Waals surface area contributed by atoms with Crippen molar-refractivity contribution in [3.8, 4) is 28.4 Å².